The van der Waals surface area contributed by atoms with Crippen LogP contribution in [0.4, 0.5) is 0 Å². The highest BCUT2D eigenvalue weighted by molar-refractivity contribution is 5.84. The smallest absolute Gasteiger partial charge is 0.306 e. The number of aromatic nitrogens is 1. The molecular formula is C22H19NO2. The van der Waals surface area contributed by atoms with E-state index in [4.69, 9.17) is 4.74 Å². The lowest BCUT2D eigenvalue weighted by Gasteiger charge is -2.06. The van der Waals surface area contributed by atoms with E-state index in [0.29, 0.717) is 19.4 Å². The molecule has 3 heteroatoms. The van der Waals surface area contributed by atoms with Crippen molar-refractivity contribution < 1.29 is 9.53 Å². The van der Waals surface area contributed by atoms with Crippen molar-refractivity contribution in [2.45, 2.75) is 19.4 Å². The fourth-order valence-corrected chi connectivity index (χ4v) is 3.14. The van der Waals surface area contributed by atoms with Gasteiger partial charge in [0, 0.05) is 23.5 Å². The molecule has 0 unspecified atom stereocenters. The van der Waals surface area contributed by atoms with Gasteiger partial charge in [-0.25, -0.2) is 0 Å². The fourth-order valence-electron chi connectivity index (χ4n) is 3.14. The molecule has 1 heterocycles. The van der Waals surface area contributed by atoms with Gasteiger partial charge in [-0.3, -0.25) is 4.79 Å². The maximum atomic E-state index is 12.1. The van der Waals surface area contributed by atoms with Crippen LogP contribution in [0.15, 0.2) is 72.9 Å². The van der Waals surface area contributed by atoms with Crippen LogP contribution in [0.2, 0.25) is 0 Å². The predicted molar refractivity (Wildman–Crippen MR) is 100 cm³/mol. The standard InChI is InChI=1S/C22H19NO2/c24-22(12-11-19-14-23-21-8-4-3-7-20(19)21)25-15-16-9-10-17-5-1-2-6-18(17)13-16/h1-10,13-14,23H,11-12,15H2. The summed E-state index contributed by atoms with van der Waals surface area (Å²) in [6.45, 7) is 0.317. The quantitative estimate of drug-likeness (QED) is 0.524. The summed E-state index contributed by atoms with van der Waals surface area (Å²) in [5.74, 6) is -0.168. The number of hydrogen-bond acceptors (Lipinski definition) is 2. The number of hydrogen-bond donors (Lipinski definition) is 1. The Morgan fingerprint density at radius 3 is 2.64 bits per heavy atom. The molecule has 0 aliphatic heterocycles. The molecule has 0 bridgehead atoms. The lowest BCUT2D eigenvalue weighted by molar-refractivity contribution is -0.144. The van der Waals surface area contributed by atoms with E-state index in [0.717, 1.165) is 22.0 Å². The Balaban J connectivity index is 1.35. The SMILES string of the molecule is O=C(CCc1c[nH]c2ccccc12)OCc1ccc2ccccc2c1. The highest BCUT2D eigenvalue weighted by Gasteiger charge is 2.08. The van der Waals surface area contributed by atoms with Gasteiger partial charge in [-0.2, -0.15) is 0 Å². The molecule has 0 spiro atoms. The lowest BCUT2D eigenvalue weighted by atomic mass is 10.1. The first-order chi connectivity index (χ1) is 12.3. The molecule has 0 atom stereocenters. The van der Waals surface area contributed by atoms with Gasteiger partial charge >= 0.3 is 5.97 Å². The van der Waals surface area contributed by atoms with Crippen LogP contribution in [0.5, 0.6) is 0 Å². The Kier molecular flexibility index (Phi) is 4.21. The van der Waals surface area contributed by atoms with Gasteiger partial charge in [-0.1, -0.05) is 54.6 Å². The minimum atomic E-state index is -0.168. The van der Waals surface area contributed by atoms with Crippen LogP contribution in [0.3, 0.4) is 0 Å². The van der Waals surface area contributed by atoms with Gasteiger partial charge < -0.3 is 9.72 Å². The van der Waals surface area contributed by atoms with E-state index in [-0.39, 0.29) is 5.97 Å². The number of nitrogens with one attached hydrogen (secondary N) is 1. The third-order valence-corrected chi connectivity index (χ3v) is 4.49. The van der Waals surface area contributed by atoms with Crippen molar-refractivity contribution in [1.29, 1.82) is 0 Å². The number of para-hydroxylation sites is 1. The summed E-state index contributed by atoms with van der Waals surface area (Å²) in [5.41, 5.74) is 3.26. The van der Waals surface area contributed by atoms with Crippen LogP contribution in [-0.2, 0) is 22.6 Å². The average molecular weight is 329 g/mol. The minimum absolute atomic E-state index is 0.168. The van der Waals surface area contributed by atoms with Gasteiger partial charge in [0.2, 0.25) is 0 Å². The zero-order chi connectivity index (χ0) is 17.1. The highest BCUT2D eigenvalue weighted by atomic mass is 16.5. The second-order valence-electron chi connectivity index (χ2n) is 6.20. The molecule has 1 aromatic heterocycles. The number of carbonyl (C=O) groups excluding carboxylic acids is 1. The maximum absolute atomic E-state index is 12.1. The number of H-pyrrole nitrogens is 1. The van der Waals surface area contributed by atoms with Crippen LogP contribution in [0.25, 0.3) is 21.7 Å². The van der Waals surface area contributed by atoms with Crippen LogP contribution in [-0.4, -0.2) is 11.0 Å². The van der Waals surface area contributed by atoms with Crippen molar-refractivity contribution in [3.05, 3.63) is 84.1 Å². The van der Waals surface area contributed by atoms with Crippen LogP contribution in [0, 0.1) is 0 Å². The highest BCUT2D eigenvalue weighted by Crippen LogP contribution is 2.20. The Hall–Kier alpha value is -3.07. The van der Waals surface area contributed by atoms with Crippen molar-refractivity contribution >= 4 is 27.6 Å². The normalized spacial score (nSPS) is 11.0. The first-order valence-corrected chi connectivity index (χ1v) is 8.48. The number of carbonyl (C=O) groups is 1. The number of fused-ring (bicyclic) bond motifs is 2. The Morgan fingerprint density at radius 1 is 0.920 bits per heavy atom. The molecule has 3 nitrogen and oxygen atoms in total. The van der Waals surface area contributed by atoms with Crippen molar-refractivity contribution in [2.24, 2.45) is 0 Å². The van der Waals surface area contributed by atoms with Gasteiger partial charge in [-0.05, 0) is 40.5 Å². The molecule has 0 fully saturated rings. The van der Waals surface area contributed by atoms with E-state index in [2.05, 4.69) is 35.3 Å². The lowest BCUT2D eigenvalue weighted by Crippen LogP contribution is -2.05. The molecule has 0 saturated carbocycles. The summed E-state index contributed by atoms with van der Waals surface area (Å²) in [5, 5.41) is 3.52. The largest absolute Gasteiger partial charge is 0.461 e. The zero-order valence-electron chi connectivity index (χ0n) is 13.9. The summed E-state index contributed by atoms with van der Waals surface area (Å²) < 4.78 is 5.44. The number of aryl methyl sites for hydroxylation is 1. The van der Waals surface area contributed by atoms with E-state index >= 15 is 0 Å². The molecular weight excluding hydrogens is 310 g/mol. The molecule has 1 N–H and O–H groups in total. The monoisotopic (exact) mass is 329 g/mol. The summed E-state index contributed by atoms with van der Waals surface area (Å²) in [4.78, 5) is 15.3. The molecule has 4 rings (SSSR count). The van der Waals surface area contributed by atoms with E-state index < -0.39 is 0 Å². The molecule has 4 aromatic rings. The minimum Gasteiger partial charge on any atom is -0.461 e. The fraction of sp³-hybridized carbons (Fsp3) is 0.136. The Labute approximate surface area is 146 Å². The summed E-state index contributed by atoms with van der Waals surface area (Å²) in [7, 11) is 0. The second kappa shape index (κ2) is 6.81. The van der Waals surface area contributed by atoms with Crippen molar-refractivity contribution in [2.75, 3.05) is 0 Å². The second-order valence-corrected chi connectivity index (χ2v) is 6.20. The Bertz CT molecular complexity index is 1030. The topological polar surface area (TPSA) is 42.1 Å². The van der Waals surface area contributed by atoms with E-state index in [1.807, 2.05) is 42.6 Å². The molecule has 0 saturated heterocycles. The van der Waals surface area contributed by atoms with E-state index in [9.17, 15) is 4.79 Å². The van der Waals surface area contributed by atoms with Crippen molar-refractivity contribution in [3.8, 4) is 0 Å². The molecule has 0 radical (unpaired) electrons. The van der Waals surface area contributed by atoms with Crippen molar-refractivity contribution in [3.63, 3.8) is 0 Å². The van der Waals surface area contributed by atoms with Crippen LogP contribution >= 0.6 is 0 Å². The predicted octanol–water partition coefficient (Wildman–Crippen LogP) is 5.00. The molecule has 0 aliphatic carbocycles. The number of esters is 1. The van der Waals surface area contributed by atoms with Crippen LogP contribution < -0.4 is 0 Å². The number of benzene rings is 3. The molecule has 25 heavy (non-hydrogen) atoms. The first-order valence-electron chi connectivity index (χ1n) is 8.48. The van der Waals surface area contributed by atoms with Gasteiger partial charge in [0.25, 0.3) is 0 Å². The molecule has 124 valence electrons. The summed E-state index contributed by atoms with van der Waals surface area (Å²) in [6, 6.07) is 22.4. The van der Waals surface area contributed by atoms with Crippen molar-refractivity contribution in [1.82, 2.24) is 4.98 Å². The van der Waals surface area contributed by atoms with Gasteiger partial charge in [0.15, 0.2) is 0 Å². The number of rotatable bonds is 5. The number of ether oxygens (including phenoxy) is 1. The molecule has 3 aromatic carbocycles. The average Bonchev–Trinajstić information content (AvgIpc) is 3.08. The van der Waals surface area contributed by atoms with E-state index in [1.54, 1.807) is 0 Å². The maximum Gasteiger partial charge on any atom is 0.306 e. The third kappa shape index (κ3) is 3.41. The summed E-state index contributed by atoms with van der Waals surface area (Å²) in [6.07, 6.45) is 3.04. The molecule has 0 amide bonds. The number of aromatic amines is 1. The van der Waals surface area contributed by atoms with E-state index in [1.165, 1.54) is 10.8 Å². The van der Waals surface area contributed by atoms with Gasteiger partial charge in [-0.15, -0.1) is 0 Å². The third-order valence-electron chi connectivity index (χ3n) is 4.49. The molecule has 0 aliphatic rings. The van der Waals surface area contributed by atoms with Gasteiger partial charge in [0.05, 0.1) is 0 Å². The first kappa shape index (κ1) is 15.5. The zero-order valence-corrected chi connectivity index (χ0v) is 13.9. The summed E-state index contributed by atoms with van der Waals surface area (Å²) >= 11 is 0. The van der Waals surface area contributed by atoms with Crippen LogP contribution in [0.1, 0.15) is 17.5 Å². The Morgan fingerprint density at radius 2 is 1.72 bits per heavy atom. The van der Waals surface area contributed by atoms with Gasteiger partial charge in [0.1, 0.15) is 6.61 Å².